The van der Waals surface area contributed by atoms with E-state index in [0.29, 0.717) is 17.5 Å². The van der Waals surface area contributed by atoms with Crippen LogP contribution in [0.15, 0.2) is 48.5 Å². The average Bonchev–Trinajstić information content (AvgIpc) is 2.49. The van der Waals surface area contributed by atoms with E-state index in [-0.39, 0.29) is 0 Å². The van der Waals surface area contributed by atoms with Gasteiger partial charge in [0.05, 0.1) is 5.02 Å². The van der Waals surface area contributed by atoms with Crippen molar-refractivity contribution in [3.8, 4) is 16.9 Å². The third kappa shape index (κ3) is 5.07. The van der Waals surface area contributed by atoms with Gasteiger partial charge < -0.3 is 10.1 Å². The maximum Gasteiger partial charge on any atom is 0.137 e. The van der Waals surface area contributed by atoms with E-state index in [1.807, 2.05) is 36.4 Å². The Kier molecular flexibility index (Phi) is 6.09. The maximum atomic E-state index is 6.30. The molecule has 0 unspecified atom stereocenters. The summed E-state index contributed by atoms with van der Waals surface area (Å²) < 4.78 is 5.72. The molecule has 0 atom stereocenters. The Morgan fingerprint density at radius 1 is 1.05 bits per heavy atom. The average molecular weight is 304 g/mol. The molecule has 0 aromatic heterocycles. The van der Waals surface area contributed by atoms with E-state index in [1.165, 1.54) is 0 Å². The predicted octanol–water partition coefficient (Wildman–Crippen LogP) is 4.63. The summed E-state index contributed by atoms with van der Waals surface area (Å²) in [6, 6.07) is 16.1. The van der Waals surface area contributed by atoms with Crippen LogP contribution in [0.4, 0.5) is 0 Å². The van der Waals surface area contributed by atoms with E-state index in [4.69, 9.17) is 16.3 Å². The molecule has 0 saturated carbocycles. The van der Waals surface area contributed by atoms with Crippen LogP contribution in [0.3, 0.4) is 0 Å². The van der Waals surface area contributed by atoms with Crippen molar-refractivity contribution in [2.45, 2.75) is 13.8 Å². The van der Waals surface area contributed by atoms with Crippen molar-refractivity contribution in [3.63, 3.8) is 0 Å². The van der Waals surface area contributed by atoms with Gasteiger partial charge in [0.15, 0.2) is 0 Å². The molecule has 0 bridgehead atoms. The number of halogens is 1. The number of rotatable bonds is 7. The van der Waals surface area contributed by atoms with Crippen LogP contribution in [0.2, 0.25) is 5.02 Å². The fraction of sp³-hybridized carbons (Fsp3) is 0.333. The van der Waals surface area contributed by atoms with Crippen LogP contribution in [0, 0.1) is 5.92 Å². The van der Waals surface area contributed by atoms with E-state index >= 15 is 0 Å². The second-order valence-electron chi connectivity index (χ2n) is 5.46. The summed E-state index contributed by atoms with van der Waals surface area (Å²) in [7, 11) is 0. The Bertz CT molecular complexity index is 554. The van der Waals surface area contributed by atoms with Crippen LogP contribution in [-0.2, 0) is 0 Å². The second-order valence-corrected chi connectivity index (χ2v) is 5.86. The first-order valence-corrected chi connectivity index (χ1v) is 7.73. The molecule has 0 fully saturated rings. The lowest BCUT2D eigenvalue weighted by Crippen LogP contribution is -2.24. The minimum atomic E-state index is 0.622. The van der Waals surface area contributed by atoms with Gasteiger partial charge in [-0.25, -0.2) is 0 Å². The lowest BCUT2D eigenvalue weighted by atomic mass is 10.1. The number of hydrogen-bond acceptors (Lipinski definition) is 2. The Labute approximate surface area is 132 Å². The topological polar surface area (TPSA) is 21.3 Å². The van der Waals surface area contributed by atoms with E-state index in [0.717, 1.165) is 30.0 Å². The van der Waals surface area contributed by atoms with E-state index in [2.05, 4.69) is 31.3 Å². The molecule has 112 valence electrons. The van der Waals surface area contributed by atoms with E-state index < -0.39 is 0 Å². The lowest BCUT2D eigenvalue weighted by molar-refractivity contribution is 0.311. The second kappa shape index (κ2) is 8.06. The Morgan fingerprint density at radius 3 is 2.48 bits per heavy atom. The Balaban J connectivity index is 1.91. The maximum absolute atomic E-state index is 6.30. The van der Waals surface area contributed by atoms with E-state index in [1.54, 1.807) is 0 Å². The molecule has 0 spiro atoms. The molecule has 0 heterocycles. The highest BCUT2D eigenvalue weighted by Crippen LogP contribution is 2.30. The zero-order valence-electron chi connectivity index (χ0n) is 12.6. The molecule has 21 heavy (non-hydrogen) atoms. The molecule has 2 aromatic rings. The lowest BCUT2D eigenvalue weighted by Gasteiger charge is -2.11. The third-order valence-electron chi connectivity index (χ3n) is 3.13. The minimum Gasteiger partial charge on any atom is -0.491 e. The molecule has 1 N–H and O–H groups in total. The summed E-state index contributed by atoms with van der Waals surface area (Å²) in [6.45, 7) is 6.83. The van der Waals surface area contributed by atoms with Gasteiger partial charge in [-0.2, -0.15) is 0 Å². The molecular weight excluding hydrogens is 282 g/mol. The van der Waals surface area contributed by atoms with Gasteiger partial charge in [-0.15, -0.1) is 0 Å². The van der Waals surface area contributed by atoms with Gasteiger partial charge >= 0.3 is 0 Å². The monoisotopic (exact) mass is 303 g/mol. The molecular formula is C18H22ClNO. The normalized spacial score (nSPS) is 10.9. The molecule has 0 aliphatic heterocycles. The molecule has 0 aliphatic carbocycles. The van der Waals surface area contributed by atoms with Crippen molar-refractivity contribution < 1.29 is 4.74 Å². The van der Waals surface area contributed by atoms with Crippen molar-refractivity contribution in [2.75, 3.05) is 19.7 Å². The SMILES string of the molecule is CC(C)CNCCOc1ccc(-c2ccccc2)cc1Cl. The molecule has 0 amide bonds. The quantitative estimate of drug-likeness (QED) is 0.753. The smallest absolute Gasteiger partial charge is 0.137 e. The van der Waals surface area contributed by atoms with Gasteiger partial charge in [-0.05, 0) is 35.7 Å². The van der Waals surface area contributed by atoms with Gasteiger partial charge in [0.1, 0.15) is 12.4 Å². The van der Waals surface area contributed by atoms with Crippen LogP contribution in [0.5, 0.6) is 5.75 Å². The van der Waals surface area contributed by atoms with Gasteiger partial charge in [0.25, 0.3) is 0 Å². The highest BCUT2D eigenvalue weighted by Gasteiger charge is 2.04. The number of benzene rings is 2. The summed E-state index contributed by atoms with van der Waals surface area (Å²) in [5.41, 5.74) is 2.26. The summed E-state index contributed by atoms with van der Waals surface area (Å²) in [4.78, 5) is 0. The zero-order valence-corrected chi connectivity index (χ0v) is 13.4. The molecule has 2 rings (SSSR count). The van der Waals surface area contributed by atoms with Crippen molar-refractivity contribution in [1.29, 1.82) is 0 Å². The van der Waals surface area contributed by atoms with Crippen molar-refractivity contribution in [3.05, 3.63) is 53.6 Å². The molecule has 0 radical (unpaired) electrons. The molecule has 3 heteroatoms. The Morgan fingerprint density at radius 2 is 1.81 bits per heavy atom. The number of nitrogens with one attached hydrogen (secondary N) is 1. The summed E-state index contributed by atoms with van der Waals surface area (Å²) in [5, 5.41) is 4.00. The van der Waals surface area contributed by atoms with Crippen LogP contribution in [-0.4, -0.2) is 19.7 Å². The zero-order chi connectivity index (χ0) is 15.1. The highest BCUT2D eigenvalue weighted by atomic mass is 35.5. The number of ether oxygens (including phenoxy) is 1. The van der Waals surface area contributed by atoms with Gasteiger partial charge in [-0.1, -0.05) is 61.8 Å². The Hall–Kier alpha value is -1.51. The highest BCUT2D eigenvalue weighted by molar-refractivity contribution is 6.32. The molecule has 0 saturated heterocycles. The largest absolute Gasteiger partial charge is 0.491 e. The standard InChI is InChI=1S/C18H22ClNO/c1-14(2)13-20-10-11-21-18-9-8-16(12-17(18)19)15-6-4-3-5-7-15/h3-9,12,14,20H,10-11,13H2,1-2H3. The van der Waals surface area contributed by atoms with Crippen molar-refractivity contribution >= 4 is 11.6 Å². The third-order valence-corrected chi connectivity index (χ3v) is 3.42. The molecule has 2 nitrogen and oxygen atoms in total. The first-order chi connectivity index (χ1) is 10.2. The van der Waals surface area contributed by atoms with Crippen LogP contribution < -0.4 is 10.1 Å². The number of hydrogen-bond donors (Lipinski definition) is 1. The summed E-state index contributed by atoms with van der Waals surface area (Å²) in [5.74, 6) is 1.39. The van der Waals surface area contributed by atoms with Crippen molar-refractivity contribution in [1.82, 2.24) is 5.32 Å². The van der Waals surface area contributed by atoms with Crippen molar-refractivity contribution in [2.24, 2.45) is 5.92 Å². The summed E-state index contributed by atoms with van der Waals surface area (Å²) in [6.07, 6.45) is 0. The van der Waals surface area contributed by atoms with Gasteiger partial charge in [-0.3, -0.25) is 0 Å². The first-order valence-electron chi connectivity index (χ1n) is 7.35. The molecule has 0 aliphatic rings. The van der Waals surface area contributed by atoms with E-state index in [9.17, 15) is 0 Å². The summed E-state index contributed by atoms with van der Waals surface area (Å²) >= 11 is 6.30. The molecule has 2 aromatic carbocycles. The minimum absolute atomic E-state index is 0.622. The fourth-order valence-electron chi connectivity index (χ4n) is 2.05. The first kappa shape index (κ1) is 15.9. The van der Waals surface area contributed by atoms with Crippen LogP contribution in [0.1, 0.15) is 13.8 Å². The van der Waals surface area contributed by atoms with Crippen LogP contribution >= 0.6 is 11.6 Å². The predicted molar refractivity (Wildman–Crippen MR) is 90.1 cm³/mol. The fourth-order valence-corrected chi connectivity index (χ4v) is 2.29. The van der Waals surface area contributed by atoms with Crippen LogP contribution in [0.25, 0.3) is 11.1 Å². The van der Waals surface area contributed by atoms with Gasteiger partial charge in [0, 0.05) is 6.54 Å². The van der Waals surface area contributed by atoms with Gasteiger partial charge in [0.2, 0.25) is 0 Å².